The summed E-state index contributed by atoms with van der Waals surface area (Å²) in [4.78, 5) is 31.6. The highest BCUT2D eigenvalue weighted by atomic mass is 16.5. The molecular formula is C21H22N2O4. The molecule has 6 nitrogen and oxygen atoms in total. The molecule has 1 N–H and O–H groups in total. The van der Waals surface area contributed by atoms with E-state index in [-0.39, 0.29) is 23.9 Å². The van der Waals surface area contributed by atoms with Gasteiger partial charge in [-0.2, -0.15) is 0 Å². The minimum absolute atomic E-state index is 0.112. The first-order chi connectivity index (χ1) is 13.1. The van der Waals surface area contributed by atoms with Crippen LogP contribution in [-0.2, 0) is 30.9 Å². The number of piperidine rings is 1. The van der Waals surface area contributed by atoms with Crippen LogP contribution in [0.4, 0.5) is 0 Å². The van der Waals surface area contributed by atoms with Crippen molar-refractivity contribution in [2.45, 2.75) is 24.3 Å². The normalized spacial score (nSPS) is 31.0. The average molecular weight is 366 g/mol. The van der Waals surface area contributed by atoms with Crippen LogP contribution in [0.2, 0.25) is 0 Å². The van der Waals surface area contributed by atoms with Crippen LogP contribution in [0.25, 0.3) is 10.9 Å². The number of hydrogen-bond donors (Lipinski definition) is 1. The zero-order chi connectivity index (χ0) is 18.8. The number of rotatable bonds is 2. The predicted molar refractivity (Wildman–Crippen MR) is 99.3 cm³/mol. The molecule has 2 aromatic rings. The van der Waals surface area contributed by atoms with E-state index in [2.05, 4.69) is 16.0 Å². The topological polar surface area (TPSA) is 71.6 Å². The SMILES string of the molecule is COC(=O)C1=C[C@@H]2CN3CCc4c([nH]c5ccccc45)[C@](C(=O)OC)(C2)[C@@H]13. The van der Waals surface area contributed by atoms with Gasteiger partial charge in [0.25, 0.3) is 0 Å². The molecule has 140 valence electrons. The Morgan fingerprint density at radius 2 is 2.04 bits per heavy atom. The maximum absolute atomic E-state index is 13.3. The summed E-state index contributed by atoms with van der Waals surface area (Å²) in [6.07, 6.45) is 3.47. The highest BCUT2D eigenvalue weighted by Gasteiger charge is 2.62. The number of para-hydroxylation sites is 1. The van der Waals surface area contributed by atoms with E-state index in [4.69, 9.17) is 9.47 Å². The van der Waals surface area contributed by atoms with Crippen LogP contribution in [-0.4, -0.2) is 55.2 Å². The lowest BCUT2D eigenvalue weighted by atomic mass is 9.61. The standard InChI is InChI=1S/C21H22N2O4/c1-26-19(24)15-9-12-10-21(20(25)27-2)17-14(7-8-23(11-12)18(15)21)13-5-3-4-6-16(13)22-17/h3-6,9,12,18,22H,7-8,10-11H2,1-2H3/t12-,18+,21+/m0/s1. The summed E-state index contributed by atoms with van der Waals surface area (Å²) < 4.78 is 10.4. The summed E-state index contributed by atoms with van der Waals surface area (Å²) >= 11 is 0. The lowest BCUT2D eigenvalue weighted by Crippen LogP contribution is -2.64. The van der Waals surface area contributed by atoms with E-state index in [0.717, 1.165) is 41.7 Å². The van der Waals surface area contributed by atoms with Crippen molar-refractivity contribution in [1.82, 2.24) is 9.88 Å². The van der Waals surface area contributed by atoms with Crippen molar-refractivity contribution in [3.8, 4) is 0 Å². The number of H-pyrrole nitrogens is 1. The van der Waals surface area contributed by atoms with E-state index in [0.29, 0.717) is 12.0 Å². The lowest BCUT2D eigenvalue weighted by molar-refractivity contribution is -0.155. The van der Waals surface area contributed by atoms with Gasteiger partial charge in [-0.25, -0.2) is 4.79 Å². The fourth-order valence-electron chi connectivity index (χ4n) is 5.56. The molecule has 1 aromatic carbocycles. The Labute approximate surface area is 157 Å². The highest BCUT2D eigenvalue weighted by Crippen LogP contribution is 2.52. The van der Waals surface area contributed by atoms with Gasteiger partial charge in [-0.15, -0.1) is 0 Å². The first-order valence-corrected chi connectivity index (χ1v) is 9.32. The average Bonchev–Trinajstić information content (AvgIpc) is 3.05. The van der Waals surface area contributed by atoms with Crippen LogP contribution in [0, 0.1) is 5.92 Å². The van der Waals surface area contributed by atoms with Crippen molar-refractivity contribution in [3.63, 3.8) is 0 Å². The van der Waals surface area contributed by atoms with Gasteiger partial charge in [0.1, 0.15) is 5.41 Å². The lowest BCUT2D eigenvalue weighted by Gasteiger charge is -2.52. The number of carbonyl (C=O) groups excluding carboxylic acids is 2. The number of nitrogens with one attached hydrogen (secondary N) is 1. The molecule has 1 unspecified atom stereocenters. The zero-order valence-electron chi connectivity index (χ0n) is 15.5. The monoisotopic (exact) mass is 366 g/mol. The van der Waals surface area contributed by atoms with Gasteiger partial charge < -0.3 is 14.5 Å². The smallest absolute Gasteiger partial charge is 0.335 e. The second-order valence-corrected chi connectivity index (χ2v) is 7.71. The molecule has 27 heavy (non-hydrogen) atoms. The number of benzene rings is 1. The summed E-state index contributed by atoms with van der Waals surface area (Å²) in [5.41, 5.74) is 2.75. The molecule has 4 atom stereocenters. The van der Waals surface area contributed by atoms with Crippen molar-refractivity contribution in [2.75, 3.05) is 27.3 Å². The van der Waals surface area contributed by atoms with E-state index in [9.17, 15) is 9.59 Å². The Balaban J connectivity index is 1.81. The molecule has 1 aliphatic carbocycles. The van der Waals surface area contributed by atoms with Crippen molar-refractivity contribution in [1.29, 1.82) is 0 Å². The van der Waals surface area contributed by atoms with Gasteiger partial charge in [0.15, 0.2) is 0 Å². The van der Waals surface area contributed by atoms with E-state index in [1.54, 1.807) is 0 Å². The van der Waals surface area contributed by atoms with Gasteiger partial charge in [-0.1, -0.05) is 24.3 Å². The maximum Gasteiger partial charge on any atom is 0.335 e. The fourth-order valence-corrected chi connectivity index (χ4v) is 5.56. The zero-order valence-corrected chi connectivity index (χ0v) is 15.5. The largest absolute Gasteiger partial charge is 0.468 e. The van der Waals surface area contributed by atoms with Gasteiger partial charge in [-0.05, 0) is 30.4 Å². The minimum Gasteiger partial charge on any atom is -0.468 e. The van der Waals surface area contributed by atoms with Crippen molar-refractivity contribution >= 4 is 22.8 Å². The van der Waals surface area contributed by atoms with Crippen LogP contribution in [0.5, 0.6) is 0 Å². The van der Waals surface area contributed by atoms with Crippen molar-refractivity contribution in [3.05, 3.63) is 47.2 Å². The molecule has 0 spiro atoms. The molecule has 3 aliphatic heterocycles. The molecule has 4 heterocycles. The second-order valence-electron chi connectivity index (χ2n) is 7.71. The quantitative estimate of drug-likeness (QED) is 0.823. The molecule has 0 radical (unpaired) electrons. The number of aromatic nitrogens is 1. The van der Waals surface area contributed by atoms with E-state index < -0.39 is 5.41 Å². The van der Waals surface area contributed by atoms with Crippen LogP contribution in [0.3, 0.4) is 0 Å². The molecule has 1 fully saturated rings. The Morgan fingerprint density at radius 3 is 2.81 bits per heavy atom. The Hall–Kier alpha value is -2.60. The molecule has 1 aromatic heterocycles. The number of carbonyl (C=O) groups is 2. The third kappa shape index (κ3) is 2.04. The Kier molecular flexibility index (Phi) is 3.49. The van der Waals surface area contributed by atoms with Gasteiger partial charge in [0.05, 0.1) is 25.8 Å². The third-order valence-corrected chi connectivity index (χ3v) is 6.47. The predicted octanol–water partition coefficient (Wildman–Crippen LogP) is 1.94. The van der Waals surface area contributed by atoms with E-state index >= 15 is 0 Å². The fraction of sp³-hybridized carbons (Fsp3) is 0.429. The van der Waals surface area contributed by atoms with Crippen molar-refractivity contribution in [2.24, 2.45) is 5.92 Å². The minimum atomic E-state index is -0.916. The van der Waals surface area contributed by atoms with E-state index in [1.165, 1.54) is 14.2 Å². The molecule has 6 heteroatoms. The number of aromatic amines is 1. The van der Waals surface area contributed by atoms with Crippen LogP contribution >= 0.6 is 0 Å². The van der Waals surface area contributed by atoms with E-state index in [1.807, 2.05) is 24.3 Å². The van der Waals surface area contributed by atoms with Crippen molar-refractivity contribution < 1.29 is 19.1 Å². The number of ether oxygens (including phenoxy) is 2. The molecule has 0 amide bonds. The number of hydrogen-bond acceptors (Lipinski definition) is 5. The first-order valence-electron chi connectivity index (χ1n) is 9.32. The molecule has 6 rings (SSSR count). The summed E-state index contributed by atoms with van der Waals surface area (Å²) in [6, 6.07) is 7.77. The van der Waals surface area contributed by atoms with Crippen LogP contribution in [0.1, 0.15) is 17.7 Å². The summed E-state index contributed by atoms with van der Waals surface area (Å²) in [7, 11) is 2.82. The molecular weight excluding hydrogens is 344 g/mol. The van der Waals surface area contributed by atoms with Crippen LogP contribution < -0.4 is 0 Å². The molecule has 1 saturated heterocycles. The van der Waals surface area contributed by atoms with Gasteiger partial charge in [0.2, 0.25) is 0 Å². The third-order valence-electron chi connectivity index (χ3n) is 6.47. The highest BCUT2D eigenvalue weighted by molar-refractivity contribution is 5.97. The molecule has 0 saturated carbocycles. The second kappa shape index (κ2) is 5.70. The number of methoxy groups -OCH3 is 2. The first kappa shape index (κ1) is 16.6. The number of fused-ring (bicyclic) bond motifs is 3. The number of nitrogens with zero attached hydrogens (tertiary/aromatic N) is 1. The maximum atomic E-state index is 13.3. The van der Waals surface area contributed by atoms with Gasteiger partial charge in [-0.3, -0.25) is 9.69 Å². The molecule has 4 bridgehead atoms. The van der Waals surface area contributed by atoms with Gasteiger partial charge in [0, 0.05) is 29.7 Å². The Bertz CT molecular complexity index is 991. The summed E-state index contributed by atoms with van der Waals surface area (Å²) in [6.45, 7) is 1.65. The van der Waals surface area contributed by atoms with Gasteiger partial charge >= 0.3 is 11.9 Å². The number of esters is 2. The van der Waals surface area contributed by atoms with Crippen LogP contribution in [0.15, 0.2) is 35.9 Å². The Morgan fingerprint density at radius 1 is 1.22 bits per heavy atom. The summed E-state index contributed by atoms with van der Waals surface area (Å²) in [5, 5.41) is 1.14. The summed E-state index contributed by atoms with van der Waals surface area (Å²) in [5.74, 6) is -0.533. The molecule has 4 aliphatic rings.